The Labute approximate surface area is 174 Å². The molecular formula is C22H24N2O6. The summed E-state index contributed by atoms with van der Waals surface area (Å²) < 4.78 is 10.2. The summed E-state index contributed by atoms with van der Waals surface area (Å²) in [5.74, 6) is -1.75. The van der Waals surface area contributed by atoms with Gasteiger partial charge in [-0.2, -0.15) is 0 Å². The number of para-hydroxylation sites is 1. The SMILES string of the molecule is COC(=O)c1c(C)[nH]c(C(=O)[C@@H](C)OC(=O)c2ccccc2N2CCCC2=O)c1C. The zero-order chi connectivity index (χ0) is 22.0. The number of aryl methyl sites for hydroxylation is 1. The van der Waals surface area contributed by atoms with Crippen LogP contribution in [0.4, 0.5) is 5.69 Å². The Morgan fingerprint density at radius 2 is 1.83 bits per heavy atom. The number of nitrogens with zero attached hydrogens (tertiary/aromatic N) is 1. The average molecular weight is 412 g/mol. The van der Waals surface area contributed by atoms with Crippen molar-refractivity contribution >= 4 is 29.3 Å². The van der Waals surface area contributed by atoms with E-state index < -0.39 is 23.8 Å². The smallest absolute Gasteiger partial charge is 0.340 e. The topological polar surface area (TPSA) is 106 Å². The molecule has 0 bridgehead atoms. The van der Waals surface area contributed by atoms with E-state index >= 15 is 0 Å². The van der Waals surface area contributed by atoms with Crippen molar-refractivity contribution in [2.45, 2.75) is 39.7 Å². The molecule has 1 atom stereocenters. The molecule has 1 aromatic carbocycles. The van der Waals surface area contributed by atoms with Crippen molar-refractivity contribution in [2.75, 3.05) is 18.6 Å². The highest BCUT2D eigenvalue weighted by atomic mass is 16.5. The first-order valence-electron chi connectivity index (χ1n) is 9.68. The van der Waals surface area contributed by atoms with Crippen molar-refractivity contribution < 1.29 is 28.7 Å². The molecule has 0 unspecified atom stereocenters. The number of H-pyrrole nitrogens is 1. The molecule has 2 aromatic rings. The van der Waals surface area contributed by atoms with E-state index in [-0.39, 0.29) is 22.7 Å². The number of rotatable bonds is 6. The number of carbonyl (C=O) groups is 4. The summed E-state index contributed by atoms with van der Waals surface area (Å²) in [5, 5.41) is 0. The number of ether oxygens (including phenoxy) is 2. The van der Waals surface area contributed by atoms with Gasteiger partial charge in [-0.05, 0) is 44.9 Å². The fourth-order valence-corrected chi connectivity index (χ4v) is 3.67. The predicted octanol–water partition coefficient (Wildman–Crippen LogP) is 2.97. The molecule has 2 heterocycles. The van der Waals surface area contributed by atoms with Crippen LogP contribution in [0.1, 0.15) is 62.2 Å². The monoisotopic (exact) mass is 412 g/mol. The Balaban J connectivity index is 1.81. The van der Waals surface area contributed by atoms with Crippen LogP contribution in [0.5, 0.6) is 0 Å². The molecule has 1 fully saturated rings. The van der Waals surface area contributed by atoms with Gasteiger partial charge in [0.05, 0.1) is 29.6 Å². The number of hydrogen-bond donors (Lipinski definition) is 1. The van der Waals surface area contributed by atoms with Crippen LogP contribution in [0.25, 0.3) is 0 Å². The van der Waals surface area contributed by atoms with E-state index in [0.29, 0.717) is 29.9 Å². The number of Topliss-reactive ketones (excluding diaryl/α,β-unsaturated/α-hetero) is 1. The van der Waals surface area contributed by atoms with Gasteiger partial charge in [0.1, 0.15) is 0 Å². The fraction of sp³-hybridized carbons (Fsp3) is 0.364. The maximum Gasteiger partial charge on any atom is 0.340 e. The number of anilines is 1. The van der Waals surface area contributed by atoms with Crippen LogP contribution in [0.15, 0.2) is 24.3 Å². The average Bonchev–Trinajstić information content (AvgIpc) is 3.29. The number of esters is 2. The molecule has 0 aliphatic carbocycles. The summed E-state index contributed by atoms with van der Waals surface area (Å²) >= 11 is 0. The zero-order valence-corrected chi connectivity index (χ0v) is 17.4. The number of amides is 1. The molecule has 0 spiro atoms. The largest absolute Gasteiger partial charge is 0.465 e. The van der Waals surface area contributed by atoms with E-state index in [0.717, 1.165) is 6.42 Å². The molecule has 158 valence electrons. The van der Waals surface area contributed by atoms with Gasteiger partial charge < -0.3 is 19.4 Å². The standard InChI is InChI=1S/C22H24N2O6/c1-12-18(22(28)29-4)13(2)23-19(12)20(26)14(3)30-21(27)15-8-5-6-9-16(15)24-11-7-10-17(24)25/h5-6,8-9,14,23H,7,10-11H2,1-4H3/t14-/m1/s1. The minimum absolute atomic E-state index is 0.0489. The summed E-state index contributed by atoms with van der Waals surface area (Å²) in [4.78, 5) is 54.2. The van der Waals surface area contributed by atoms with E-state index in [4.69, 9.17) is 9.47 Å². The second kappa shape index (κ2) is 8.52. The number of aromatic nitrogens is 1. The maximum absolute atomic E-state index is 12.9. The van der Waals surface area contributed by atoms with Crippen molar-refractivity contribution in [1.29, 1.82) is 0 Å². The Bertz CT molecular complexity index is 1020. The zero-order valence-electron chi connectivity index (χ0n) is 17.4. The lowest BCUT2D eigenvalue weighted by atomic mass is 10.1. The third-order valence-electron chi connectivity index (χ3n) is 5.21. The summed E-state index contributed by atoms with van der Waals surface area (Å²) in [6.07, 6.45) is 0.0687. The van der Waals surface area contributed by atoms with E-state index in [2.05, 4.69) is 4.98 Å². The molecule has 3 rings (SSSR count). The highest BCUT2D eigenvalue weighted by Crippen LogP contribution is 2.27. The summed E-state index contributed by atoms with van der Waals surface area (Å²) in [7, 11) is 1.27. The third kappa shape index (κ3) is 3.85. The van der Waals surface area contributed by atoms with Gasteiger partial charge in [0.25, 0.3) is 0 Å². The van der Waals surface area contributed by atoms with Gasteiger partial charge in [0.15, 0.2) is 6.10 Å². The van der Waals surface area contributed by atoms with Gasteiger partial charge in [-0.25, -0.2) is 9.59 Å². The van der Waals surface area contributed by atoms with Crippen LogP contribution >= 0.6 is 0 Å². The van der Waals surface area contributed by atoms with Crippen molar-refractivity contribution in [3.05, 3.63) is 52.3 Å². The Hall–Kier alpha value is -3.42. The fourth-order valence-electron chi connectivity index (χ4n) is 3.67. The second-order valence-electron chi connectivity index (χ2n) is 7.19. The number of carbonyl (C=O) groups excluding carboxylic acids is 4. The number of ketones is 1. The van der Waals surface area contributed by atoms with E-state index in [1.807, 2.05) is 0 Å². The van der Waals surface area contributed by atoms with Gasteiger partial charge in [0.2, 0.25) is 11.7 Å². The Kier molecular flexibility index (Phi) is 6.05. The second-order valence-corrected chi connectivity index (χ2v) is 7.19. The minimum atomic E-state index is -1.10. The highest BCUT2D eigenvalue weighted by molar-refractivity contribution is 6.06. The van der Waals surface area contributed by atoms with E-state index in [1.54, 1.807) is 43.0 Å². The normalized spacial score (nSPS) is 14.5. The molecule has 1 amide bonds. The van der Waals surface area contributed by atoms with Crippen LogP contribution in [0.3, 0.4) is 0 Å². The number of hydrogen-bond acceptors (Lipinski definition) is 6. The first-order valence-corrected chi connectivity index (χ1v) is 9.68. The van der Waals surface area contributed by atoms with Crippen LogP contribution < -0.4 is 4.90 Å². The third-order valence-corrected chi connectivity index (χ3v) is 5.21. The van der Waals surface area contributed by atoms with Gasteiger partial charge in [-0.15, -0.1) is 0 Å². The van der Waals surface area contributed by atoms with E-state index in [9.17, 15) is 19.2 Å². The van der Waals surface area contributed by atoms with Crippen LogP contribution in [-0.4, -0.2) is 48.4 Å². The first-order chi connectivity index (χ1) is 14.3. The predicted molar refractivity (Wildman–Crippen MR) is 109 cm³/mol. The van der Waals surface area contributed by atoms with Gasteiger partial charge in [0, 0.05) is 18.7 Å². The number of aromatic amines is 1. The molecule has 1 aliphatic rings. The van der Waals surface area contributed by atoms with Gasteiger partial charge in [-0.3, -0.25) is 9.59 Å². The van der Waals surface area contributed by atoms with Crippen molar-refractivity contribution in [3.63, 3.8) is 0 Å². The molecule has 30 heavy (non-hydrogen) atoms. The van der Waals surface area contributed by atoms with Crippen LogP contribution in [-0.2, 0) is 14.3 Å². The van der Waals surface area contributed by atoms with E-state index in [1.165, 1.54) is 14.0 Å². The van der Waals surface area contributed by atoms with Gasteiger partial charge >= 0.3 is 11.9 Å². The number of nitrogens with one attached hydrogen (secondary N) is 1. The molecular weight excluding hydrogens is 388 g/mol. The molecule has 1 aromatic heterocycles. The minimum Gasteiger partial charge on any atom is -0.465 e. The lowest BCUT2D eigenvalue weighted by Gasteiger charge is -2.20. The molecule has 0 saturated carbocycles. The maximum atomic E-state index is 12.9. The molecule has 8 nitrogen and oxygen atoms in total. The summed E-state index contributed by atoms with van der Waals surface area (Å²) in [6.45, 7) is 5.30. The number of benzene rings is 1. The molecule has 0 radical (unpaired) electrons. The lowest BCUT2D eigenvalue weighted by Crippen LogP contribution is -2.29. The van der Waals surface area contributed by atoms with Gasteiger partial charge in [-0.1, -0.05) is 12.1 Å². The Morgan fingerprint density at radius 3 is 2.47 bits per heavy atom. The number of methoxy groups -OCH3 is 1. The summed E-state index contributed by atoms with van der Waals surface area (Å²) in [5.41, 5.74) is 2.12. The van der Waals surface area contributed by atoms with Crippen molar-refractivity contribution in [3.8, 4) is 0 Å². The Morgan fingerprint density at radius 1 is 1.13 bits per heavy atom. The quantitative estimate of drug-likeness (QED) is 0.578. The highest BCUT2D eigenvalue weighted by Gasteiger charge is 2.30. The molecule has 8 heteroatoms. The molecule has 1 aliphatic heterocycles. The van der Waals surface area contributed by atoms with Crippen LogP contribution in [0, 0.1) is 13.8 Å². The van der Waals surface area contributed by atoms with Crippen LogP contribution in [0.2, 0.25) is 0 Å². The summed E-state index contributed by atoms with van der Waals surface area (Å²) in [6, 6.07) is 6.67. The van der Waals surface area contributed by atoms with Crippen molar-refractivity contribution in [2.24, 2.45) is 0 Å². The molecule has 1 saturated heterocycles. The first kappa shape index (κ1) is 21.3. The molecule has 1 N–H and O–H groups in total. The van der Waals surface area contributed by atoms with Crippen molar-refractivity contribution in [1.82, 2.24) is 4.98 Å². The lowest BCUT2D eigenvalue weighted by molar-refractivity contribution is -0.117.